The number of benzene rings is 9. The van der Waals surface area contributed by atoms with Gasteiger partial charge in [0.25, 0.3) is 0 Å². The summed E-state index contributed by atoms with van der Waals surface area (Å²) in [6.45, 7) is 0. The minimum absolute atomic E-state index is 1.19. The summed E-state index contributed by atoms with van der Waals surface area (Å²) in [5.41, 5.74) is 19.8. The Kier molecular flexibility index (Phi) is 7.25. The summed E-state index contributed by atoms with van der Waals surface area (Å²) in [6, 6.07) is 75.6. The van der Waals surface area contributed by atoms with E-state index in [-0.39, 0.29) is 0 Å². The van der Waals surface area contributed by atoms with E-state index in [4.69, 9.17) is 0 Å². The Bertz CT molecular complexity index is 2620. The zero-order valence-corrected chi connectivity index (χ0v) is 28.6. The molecule has 0 unspecified atom stereocenters. The van der Waals surface area contributed by atoms with Gasteiger partial charge in [0, 0.05) is 0 Å². The Morgan fingerprint density at radius 3 is 0.885 bits per heavy atom. The van der Waals surface area contributed by atoms with Gasteiger partial charge in [-0.2, -0.15) is 0 Å². The molecule has 0 saturated carbocycles. The van der Waals surface area contributed by atoms with Gasteiger partial charge in [0.2, 0.25) is 0 Å². The Morgan fingerprint density at radius 1 is 0.192 bits per heavy atom. The van der Waals surface area contributed by atoms with Gasteiger partial charge in [0.1, 0.15) is 0 Å². The fourth-order valence-electron chi connectivity index (χ4n) is 8.45. The Morgan fingerprint density at radius 2 is 0.519 bits per heavy atom. The SMILES string of the molecule is c1ccc(-c2c(-c3ccccc3)c(-c3ccccc3)c(-c3ccc4c(c3)-c3cccc5cccc-4c35)c(-c3ccccc3)c2-c2ccccc2)cc1. The molecule has 0 nitrogen and oxygen atoms in total. The highest BCUT2D eigenvalue weighted by Crippen LogP contribution is 2.57. The van der Waals surface area contributed by atoms with Gasteiger partial charge in [0.05, 0.1) is 0 Å². The normalized spacial score (nSPS) is 11.5. The Hall–Kier alpha value is -6.76. The molecule has 52 heavy (non-hydrogen) atoms. The molecule has 0 fully saturated rings. The maximum absolute atomic E-state index is 2.46. The minimum Gasteiger partial charge on any atom is -0.0622 e. The molecule has 1 aliphatic carbocycles. The first-order valence-corrected chi connectivity index (χ1v) is 18.0. The fraction of sp³-hybridized carbons (Fsp3) is 0. The van der Waals surface area contributed by atoms with E-state index in [1.54, 1.807) is 0 Å². The van der Waals surface area contributed by atoms with E-state index < -0.39 is 0 Å². The standard InChI is InChI=1S/C52H34/c1-6-18-36(19-7-1)47-48(37-20-8-2-9-21-37)50(39-24-12-4-13-25-39)52(51(40-26-14-5-15-27-40)49(47)38-22-10-3-11-23-38)41-32-33-42-43-30-16-28-35-29-17-31-44(46(35)43)45(42)34-41/h1-34H. The zero-order valence-electron chi connectivity index (χ0n) is 28.6. The third-order valence-corrected chi connectivity index (χ3v) is 10.6. The first kappa shape index (κ1) is 30.1. The highest BCUT2D eigenvalue weighted by Gasteiger charge is 2.30. The van der Waals surface area contributed by atoms with Gasteiger partial charge >= 0.3 is 0 Å². The fourth-order valence-corrected chi connectivity index (χ4v) is 8.45. The quantitative estimate of drug-likeness (QED) is 0.167. The van der Waals surface area contributed by atoms with Crippen molar-refractivity contribution in [3.63, 3.8) is 0 Å². The summed E-state index contributed by atoms with van der Waals surface area (Å²) in [5.74, 6) is 0. The van der Waals surface area contributed by atoms with Crippen LogP contribution in [0, 0.1) is 0 Å². The molecule has 0 saturated heterocycles. The van der Waals surface area contributed by atoms with Crippen molar-refractivity contribution in [2.24, 2.45) is 0 Å². The van der Waals surface area contributed by atoms with Crippen LogP contribution in [0.1, 0.15) is 0 Å². The van der Waals surface area contributed by atoms with E-state index in [1.165, 1.54) is 99.8 Å². The van der Waals surface area contributed by atoms with Crippen molar-refractivity contribution < 1.29 is 0 Å². The number of rotatable bonds is 6. The molecular weight excluding hydrogens is 625 g/mol. The van der Waals surface area contributed by atoms with Crippen molar-refractivity contribution in [1.82, 2.24) is 0 Å². The van der Waals surface area contributed by atoms with Crippen LogP contribution in [0.5, 0.6) is 0 Å². The lowest BCUT2D eigenvalue weighted by Gasteiger charge is -2.29. The summed E-state index contributed by atoms with van der Waals surface area (Å²) < 4.78 is 0. The van der Waals surface area contributed by atoms with Crippen molar-refractivity contribution in [3.8, 4) is 89.0 Å². The molecule has 0 aliphatic heterocycles. The van der Waals surface area contributed by atoms with Crippen LogP contribution < -0.4 is 0 Å². The highest BCUT2D eigenvalue weighted by atomic mass is 14.3. The van der Waals surface area contributed by atoms with Gasteiger partial charge in [0.15, 0.2) is 0 Å². The maximum Gasteiger partial charge on any atom is -0.00136 e. The predicted molar refractivity (Wildman–Crippen MR) is 221 cm³/mol. The van der Waals surface area contributed by atoms with Gasteiger partial charge in [-0.05, 0) is 106 Å². The third kappa shape index (κ3) is 4.84. The van der Waals surface area contributed by atoms with Gasteiger partial charge < -0.3 is 0 Å². The van der Waals surface area contributed by atoms with Gasteiger partial charge in [-0.25, -0.2) is 0 Å². The van der Waals surface area contributed by atoms with Crippen LogP contribution in [0.25, 0.3) is 99.8 Å². The lowest BCUT2D eigenvalue weighted by atomic mass is 9.74. The lowest BCUT2D eigenvalue weighted by molar-refractivity contribution is 1.51. The molecule has 10 rings (SSSR count). The summed E-state index contributed by atoms with van der Waals surface area (Å²) >= 11 is 0. The van der Waals surface area contributed by atoms with Gasteiger partial charge in [-0.1, -0.05) is 200 Å². The summed E-state index contributed by atoms with van der Waals surface area (Å²) in [4.78, 5) is 0. The molecule has 0 aromatic heterocycles. The van der Waals surface area contributed by atoms with Crippen molar-refractivity contribution >= 4 is 10.8 Å². The monoisotopic (exact) mass is 658 g/mol. The van der Waals surface area contributed by atoms with Crippen molar-refractivity contribution in [2.75, 3.05) is 0 Å². The topological polar surface area (TPSA) is 0 Å². The number of hydrogen-bond acceptors (Lipinski definition) is 0. The second kappa shape index (κ2) is 12.5. The molecule has 1 aliphatic rings. The molecule has 0 spiro atoms. The van der Waals surface area contributed by atoms with Gasteiger partial charge in [-0.3, -0.25) is 0 Å². The van der Waals surface area contributed by atoms with Crippen LogP contribution in [0.3, 0.4) is 0 Å². The first-order chi connectivity index (χ1) is 25.8. The Labute approximate surface area is 305 Å². The lowest BCUT2D eigenvalue weighted by Crippen LogP contribution is -2.02. The minimum atomic E-state index is 1.19. The third-order valence-electron chi connectivity index (χ3n) is 10.6. The molecule has 0 radical (unpaired) electrons. The van der Waals surface area contributed by atoms with E-state index in [9.17, 15) is 0 Å². The summed E-state index contributed by atoms with van der Waals surface area (Å²) in [5, 5.41) is 2.63. The smallest absolute Gasteiger partial charge is 0.00136 e. The first-order valence-electron chi connectivity index (χ1n) is 18.0. The Balaban J connectivity index is 1.44. The average Bonchev–Trinajstić information content (AvgIpc) is 3.55. The average molecular weight is 659 g/mol. The van der Waals surface area contributed by atoms with Crippen molar-refractivity contribution in [1.29, 1.82) is 0 Å². The molecular formula is C52H34. The molecule has 9 aromatic rings. The second-order valence-corrected chi connectivity index (χ2v) is 13.5. The van der Waals surface area contributed by atoms with Crippen molar-refractivity contribution in [3.05, 3.63) is 206 Å². The van der Waals surface area contributed by atoms with E-state index in [0.29, 0.717) is 0 Å². The van der Waals surface area contributed by atoms with E-state index in [0.717, 1.165) is 0 Å². The van der Waals surface area contributed by atoms with Crippen LogP contribution in [0.2, 0.25) is 0 Å². The predicted octanol–water partition coefficient (Wildman–Crippen LogP) is 14.5. The maximum atomic E-state index is 2.46. The summed E-state index contributed by atoms with van der Waals surface area (Å²) in [6.07, 6.45) is 0. The molecule has 0 amide bonds. The molecule has 0 heteroatoms. The van der Waals surface area contributed by atoms with E-state index >= 15 is 0 Å². The number of fused-ring (bicyclic) bond motifs is 3. The highest BCUT2D eigenvalue weighted by molar-refractivity contribution is 6.18. The van der Waals surface area contributed by atoms with Gasteiger partial charge in [-0.15, -0.1) is 0 Å². The van der Waals surface area contributed by atoms with Crippen molar-refractivity contribution in [2.45, 2.75) is 0 Å². The number of hydrogen-bond donors (Lipinski definition) is 0. The van der Waals surface area contributed by atoms with Crippen LogP contribution >= 0.6 is 0 Å². The zero-order chi connectivity index (χ0) is 34.4. The molecule has 0 bridgehead atoms. The molecule has 0 heterocycles. The summed E-state index contributed by atoms with van der Waals surface area (Å²) in [7, 11) is 0. The van der Waals surface area contributed by atoms with Crippen LogP contribution in [-0.4, -0.2) is 0 Å². The van der Waals surface area contributed by atoms with Crippen LogP contribution in [-0.2, 0) is 0 Å². The second-order valence-electron chi connectivity index (χ2n) is 13.5. The molecule has 0 atom stereocenters. The van der Waals surface area contributed by atoms with Crippen LogP contribution in [0.15, 0.2) is 206 Å². The van der Waals surface area contributed by atoms with E-state index in [1.807, 2.05) is 0 Å². The van der Waals surface area contributed by atoms with E-state index in [2.05, 4.69) is 206 Å². The molecule has 9 aromatic carbocycles. The molecule has 0 N–H and O–H groups in total. The largest absolute Gasteiger partial charge is 0.0622 e. The van der Waals surface area contributed by atoms with Crippen LogP contribution in [0.4, 0.5) is 0 Å². The molecule has 242 valence electrons.